The van der Waals surface area contributed by atoms with Gasteiger partial charge in [-0.15, -0.1) is 0 Å². The molecule has 0 saturated heterocycles. The molecule has 2 aromatic heterocycles. The maximum Gasteiger partial charge on any atom is 0.100 e. The first-order valence-electron chi connectivity index (χ1n) is 6.92. The average Bonchev–Trinajstić information content (AvgIpc) is 3.06. The third kappa shape index (κ3) is 3.48. The number of hydrogen-bond acceptors (Lipinski definition) is 4. The minimum Gasteiger partial charge on any atom is -0.384 e. The van der Waals surface area contributed by atoms with Crippen molar-refractivity contribution in [2.75, 3.05) is 6.54 Å². The summed E-state index contributed by atoms with van der Waals surface area (Å²) in [4.78, 5) is 0. The molecule has 0 saturated carbocycles. The van der Waals surface area contributed by atoms with Gasteiger partial charge in [0.2, 0.25) is 0 Å². The van der Waals surface area contributed by atoms with E-state index in [1.54, 1.807) is 11.3 Å². The molecule has 0 aliphatic carbocycles. The number of aromatic nitrogens is 2. The predicted molar refractivity (Wildman–Crippen MR) is 82.9 cm³/mol. The van der Waals surface area contributed by atoms with Crippen molar-refractivity contribution in [3.63, 3.8) is 0 Å². The summed E-state index contributed by atoms with van der Waals surface area (Å²) >= 11 is 1.60. The third-order valence-corrected chi connectivity index (χ3v) is 4.23. The smallest absolute Gasteiger partial charge is 0.100 e. The number of aliphatic hydroxyl groups is 1. The van der Waals surface area contributed by atoms with Crippen molar-refractivity contribution in [1.29, 1.82) is 0 Å². The van der Waals surface area contributed by atoms with Crippen LogP contribution in [-0.2, 0) is 5.60 Å². The zero-order valence-electron chi connectivity index (χ0n) is 12.5. The summed E-state index contributed by atoms with van der Waals surface area (Å²) in [6, 6.07) is 2.49. The van der Waals surface area contributed by atoms with E-state index in [4.69, 9.17) is 0 Å². The van der Waals surface area contributed by atoms with Crippen LogP contribution in [0.4, 0.5) is 0 Å². The highest BCUT2D eigenvalue weighted by Crippen LogP contribution is 2.23. The molecule has 0 aliphatic rings. The molecule has 0 amide bonds. The summed E-state index contributed by atoms with van der Waals surface area (Å²) < 4.78 is 1.95. The third-order valence-electron chi connectivity index (χ3n) is 3.55. The molecule has 5 heteroatoms. The summed E-state index contributed by atoms with van der Waals surface area (Å²) in [7, 11) is 0. The van der Waals surface area contributed by atoms with Gasteiger partial charge in [0.1, 0.15) is 5.60 Å². The second kappa shape index (κ2) is 6.08. The Bertz CT molecular complexity index is 531. The highest BCUT2D eigenvalue weighted by Gasteiger charge is 2.24. The zero-order chi connectivity index (χ0) is 14.8. The maximum atomic E-state index is 10.5. The number of rotatable bonds is 6. The second-order valence-electron chi connectivity index (χ2n) is 5.74. The molecule has 4 nitrogen and oxygen atoms in total. The SMILES string of the molecule is CC(NCC(C)(O)c1ccsc1)c1cnn(C(C)C)c1. The molecule has 0 fully saturated rings. The van der Waals surface area contributed by atoms with Crippen molar-refractivity contribution in [1.82, 2.24) is 15.1 Å². The van der Waals surface area contributed by atoms with Crippen LogP contribution in [0.25, 0.3) is 0 Å². The Morgan fingerprint density at radius 1 is 1.45 bits per heavy atom. The van der Waals surface area contributed by atoms with Gasteiger partial charge in [-0.25, -0.2) is 0 Å². The van der Waals surface area contributed by atoms with Gasteiger partial charge in [0.15, 0.2) is 0 Å². The van der Waals surface area contributed by atoms with Crippen LogP contribution in [0.3, 0.4) is 0 Å². The molecule has 0 spiro atoms. The summed E-state index contributed by atoms with van der Waals surface area (Å²) in [5, 5.41) is 22.2. The Balaban J connectivity index is 1.96. The topological polar surface area (TPSA) is 50.1 Å². The van der Waals surface area contributed by atoms with E-state index in [0.29, 0.717) is 12.6 Å². The van der Waals surface area contributed by atoms with Crippen molar-refractivity contribution in [2.24, 2.45) is 0 Å². The Morgan fingerprint density at radius 2 is 2.20 bits per heavy atom. The van der Waals surface area contributed by atoms with Gasteiger partial charge in [-0.1, -0.05) is 0 Å². The van der Waals surface area contributed by atoms with E-state index >= 15 is 0 Å². The molecule has 0 radical (unpaired) electrons. The van der Waals surface area contributed by atoms with Crippen LogP contribution in [0.15, 0.2) is 29.2 Å². The number of nitrogens with one attached hydrogen (secondary N) is 1. The van der Waals surface area contributed by atoms with E-state index in [1.807, 2.05) is 34.6 Å². The Labute approximate surface area is 124 Å². The quantitative estimate of drug-likeness (QED) is 0.860. The van der Waals surface area contributed by atoms with E-state index in [2.05, 4.69) is 37.4 Å². The normalized spacial score (nSPS) is 16.3. The average molecular weight is 293 g/mol. The standard InChI is InChI=1S/C15H23N3OS/c1-11(2)18-8-13(7-17-18)12(3)16-10-15(4,19)14-5-6-20-9-14/h5-9,11-12,16,19H,10H2,1-4H3. The van der Waals surface area contributed by atoms with Gasteiger partial charge in [-0.2, -0.15) is 16.4 Å². The minimum atomic E-state index is -0.845. The van der Waals surface area contributed by atoms with Gasteiger partial charge in [-0.3, -0.25) is 4.68 Å². The molecule has 2 rings (SSSR count). The molecule has 110 valence electrons. The largest absolute Gasteiger partial charge is 0.384 e. The van der Waals surface area contributed by atoms with Crippen LogP contribution < -0.4 is 5.32 Å². The lowest BCUT2D eigenvalue weighted by Gasteiger charge is -2.25. The van der Waals surface area contributed by atoms with Crippen molar-refractivity contribution >= 4 is 11.3 Å². The summed E-state index contributed by atoms with van der Waals surface area (Å²) in [6.45, 7) is 8.65. The molecule has 0 bridgehead atoms. The van der Waals surface area contributed by atoms with Crippen molar-refractivity contribution in [3.05, 3.63) is 40.3 Å². The molecule has 0 aliphatic heterocycles. The fraction of sp³-hybridized carbons (Fsp3) is 0.533. The van der Waals surface area contributed by atoms with Crippen molar-refractivity contribution < 1.29 is 5.11 Å². The molecule has 0 aromatic carbocycles. The highest BCUT2D eigenvalue weighted by molar-refractivity contribution is 7.08. The summed E-state index contributed by atoms with van der Waals surface area (Å²) in [6.07, 6.45) is 3.94. The first-order valence-corrected chi connectivity index (χ1v) is 7.87. The van der Waals surface area contributed by atoms with Gasteiger partial charge in [0, 0.05) is 30.4 Å². The Kier molecular flexibility index (Phi) is 4.62. The molecule has 2 unspecified atom stereocenters. The molecule has 20 heavy (non-hydrogen) atoms. The second-order valence-corrected chi connectivity index (χ2v) is 6.52. The van der Waals surface area contributed by atoms with Gasteiger partial charge in [0.05, 0.1) is 6.20 Å². The molecular weight excluding hydrogens is 270 g/mol. The van der Waals surface area contributed by atoms with Crippen molar-refractivity contribution in [3.8, 4) is 0 Å². The van der Waals surface area contributed by atoms with E-state index < -0.39 is 5.60 Å². The first-order chi connectivity index (χ1) is 9.40. The minimum absolute atomic E-state index is 0.160. The number of nitrogens with zero attached hydrogens (tertiary/aromatic N) is 2. The lowest BCUT2D eigenvalue weighted by atomic mass is 9.98. The van der Waals surface area contributed by atoms with Crippen LogP contribution in [-0.4, -0.2) is 21.4 Å². The first kappa shape index (κ1) is 15.2. The number of thiophene rings is 1. The molecule has 2 atom stereocenters. The fourth-order valence-electron chi connectivity index (χ4n) is 2.00. The molecule has 2 N–H and O–H groups in total. The molecule has 2 heterocycles. The van der Waals surface area contributed by atoms with E-state index in [1.165, 1.54) is 0 Å². The lowest BCUT2D eigenvalue weighted by molar-refractivity contribution is 0.0548. The molecular formula is C15H23N3OS. The van der Waals surface area contributed by atoms with Crippen LogP contribution in [0.1, 0.15) is 50.9 Å². The predicted octanol–water partition coefficient (Wildman–Crippen LogP) is 3.08. The van der Waals surface area contributed by atoms with Gasteiger partial charge in [-0.05, 0) is 50.1 Å². The Hall–Kier alpha value is -1.17. The zero-order valence-corrected chi connectivity index (χ0v) is 13.3. The van der Waals surface area contributed by atoms with E-state index in [-0.39, 0.29) is 6.04 Å². The van der Waals surface area contributed by atoms with Gasteiger partial charge < -0.3 is 10.4 Å². The van der Waals surface area contributed by atoms with Crippen LogP contribution in [0.2, 0.25) is 0 Å². The lowest BCUT2D eigenvalue weighted by Crippen LogP contribution is -2.36. The van der Waals surface area contributed by atoms with Crippen LogP contribution in [0.5, 0.6) is 0 Å². The summed E-state index contributed by atoms with van der Waals surface area (Å²) in [5.41, 5.74) is 1.25. The van der Waals surface area contributed by atoms with Crippen LogP contribution in [0, 0.1) is 0 Å². The highest BCUT2D eigenvalue weighted by atomic mass is 32.1. The Morgan fingerprint density at radius 3 is 2.75 bits per heavy atom. The van der Waals surface area contributed by atoms with E-state index in [9.17, 15) is 5.11 Å². The fourth-order valence-corrected chi connectivity index (χ4v) is 2.78. The molecule has 2 aromatic rings. The van der Waals surface area contributed by atoms with Gasteiger partial charge in [0.25, 0.3) is 0 Å². The van der Waals surface area contributed by atoms with Crippen molar-refractivity contribution in [2.45, 2.75) is 45.4 Å². The maximum absolute atomic E-state index is 10.5. The monoisotopic (exact) mass is 293 g/mol. The van der Waals surface area contributed by atoms with E-state index in [0.717, 1.165) is 11.1 Å². The van der Waals surface area contributed by atoms with Crippen LogP contribution >= 0.6 is 11.3 Å². The van der Waals surface area contributed by atoms with Gasteiger partial charge >= 0.3 is 0 Å². The number of hydrogen-bond donors (Lipinski definition) is 2. The summed E-state index contributed by atoms with van der Waals surface area (Å²) in [5.74, 6) is 0.